The maximum atomic E-state index is 11.8. The molecule has 2 atom stereocenters. The number of rotatable bonds is 4. The van der Waals surface area contributed by atoms with E-state index in [1.54, 1.807) is 0 Å². The Morgan fingerprint density at radius 2 is 2.14 bits per heavy atom. The van der Waals surface area contributed by atoms with Crippen molar-refractivity contribution in [1.82, 2.24) is 0 Å². The Morgan fingerprint density at radius 3 is 2.71 bits per heavy atom. The van der Waals surface area contributed by atoms with Crippen molar-refractivity contribution in [1.29, 1.82) is 0 Å². The predicted molar refractivity (Wildman–Crippen MR) is 87.1 cm³/mol. The molecule has 1 aliphatic heterocycles. The second-order valence-corrected chi connectivity index (χ2v) is 6.99. The van der Waals surface area contributed by atoms with Gasteiger partial charge in [-0.25, -0.2) is 4.79 Å². The van der Waals surface area contributed by atoms with Crippen LogP contribution in [0.4, 0.5) is 5.69 Å². The van der Waals surface area contributed by atoms with Crippen LogP contribution in [0, 0.1) is 6.92 Å². The largest absolute Gasteiger partial charge is 0.480 e. The molecule has 1 aromatic rings. The van der Waals surface area contributed by atoms with E-state index in [-0.39, 0.29) is 5.54 Å². The minimum atomic E-state index is -0.717. The number of carboxylic acid groups (broad SMARTS) is 1. The fourth-order valence-electron chi connectivity index (χ4n) is 3.80. The van der Waals surface area contributed by atoms with E-state index in [0.29, 0.717) is 12.3 Å². The molecule has 1 aromatic carbocycles. The van der Waals surface area contributed by atoms with Gasteiger partial charge in [-0.15, -0.1) is 0 Å². The normalized spacial score (nSPS) is 21.8. The predicted octanol–water partition coefficient (Wildman–Crippen LogP) is 4.34. The summed E-state index contributed by atoms with van der Waals surface area (Å²) < 4.78 is 0. The van der Waals surface area contributed by atoms with Crippen LogP contribution in [0.2, 0.25) is 0 Å². The molecule has 0 saturated heterocycles. The van der Waals surface area contributed by atoms with Crippen LogP contribution in [0.5, 0.6) is 0 Å². The smallest absolute Gasteiger partial charge is 0.326 e. The highest BCUT2D eigenvalue weighted by Gasteiger charge is 2.42. The first-order valence-corrected chi connectivity index (χ1v) is 7.90. The molecule has 0 bridgehead atoms. The summed E-state index contributed by atoms with van der Waals surface area (Å²) in [5.74, 6) is -0.256. The Bertz CT molecular complexity index is 536. The van der Waals surface area contributed by atoms with Crippen molar-refractivity contribution < 1.29 is 9.90 Å². The lowest BCUT2D eigenvalue weighted by molar-refractivity contribution is -0.139. The Kier molecular flexibility index (Phi) is 4.31. The number of carboxylic acids is 1. The van der Waals surface area contributed by atoms with Gasteiger partial charge in [-0.1, -0.05) is 38.0 Å². The van der Waals surface area contributed by atoms with Crippen molar-refractivity contribution in [3.05, 3.63) is 29.3 Å². The van der Waals surface area contributed by atoms with Crippen LogP contribution in [0.3, 0.4) is 0 Å². The quantitative estimate of drug-likeness (QED) is 0.896. The van der Waals surface area contributed by atoms with Gasteiger partial charge < -0.3 is 10.0 Å². The summed E-state index contributed by atoms with van der Waals surface area (Å²) >= 11 is 0. The molecule has 21 heavy (non-hydrogen) atoms. The van der Waals surface area contributed by atoms with Crippen molar-refractivity contribution >= 4 is 11.7 Å². The molecule has 116 valence electrons. The highest BCUT2D eigenvalue weighted by molar-refractivity contribution is 5.80. The molecule has 1 aliphatic rings. The molecule has 0 amide bonds. The van der Waals surface area contributed by atoms with Gasteiger partial charge in [0.05, 0.1) is 0 Å². The van der Waals surface area contributed by atoms with Gasteiger partial charge in [-0.3, -0.25) is 0 Å². The maximum Gasteiger partial charge on any atom is 0.326 e. The number of aliphatic carboxylic acids is 1. The highest BCUT2D eigenvalue weighted by Crippen LogP contribution is 2.45. The summed E-state index contributed by atoms with van der Waals surface area (Å²) in [6.07, 6.45) is 2.54. The van der Waals surface area contributed by atoms with Crippen LogP contribution in [0.25, 0.3) is 0 Å². The maximum absolute atomic E-state index is 11.8. The standard InChI is InChI=1S/C18H27NO2/c1-6-7-16(17(20)21)19-15-9-8-12(2)10-14(15)13(3)11-18(19,4)5/h8-10,13,16H,6-7,11H2,1-5H3,(H,20,21)/t13-,16-/m0/s1. The highest BCUT2D eigenvalue weighted by atomic mass is 16.4. The molecule has 0 unspecified atom stereocenters. The van der Waals surface area contributed by atoms with Gasteiger partial charge in [0.15, 0.2) is 0 Å². The molecule has 0 saturated carbocycles. The first-order valence-electron chi connectivity index (χ1n) is 7.90. The Labute approximate surface area is 128 Å². The summed E-state index contributed by atoms with van der Waals surface area (Å²) in [6, 6.07) is 5.96. The number of fused-ring (bicyclic) bond motifs is 1. The second kappa shape index (κ2) is 5.70. The van der Waals surface area contributed by atoms with Gasteiger partial charge in [0.25, 0.3) is 0 Å². The summed E-state index contributed by atoms with van der Waals surface area (Å²) in [6.45, 7) is 10.7. The third-order valence-corrected chi connectivity index (χ3v) is 4.59. The van der Waals surface area contributed by atoms with Crippen molar-refractivity contribution in [3.63, 3.8) is 0 Å². The van der Waals surface area contributed by atoms with Gasteiger partial charge in [0.1, 0.15) is 6.04 Å². The van der Waals surface area contributed by atoms with Crippen LogP contribution in [0.1, 0.15) is 64.0 Å². The number of hydrogen-bond donors (Lipinski definition) is 1. The van der Waals surface area contributed by atoms with Crippen LogP contribution >= 0.6 is 0 Å². The van der Waals surface area contributed by atoms with E-state index in [2.05, 4.69) is 50.8 Å². The first kappa shape index (κ1) is 15.9. The van der Waals surface area contributed by atoms with Crippen LogP contribution in [-0.2, 0) is 4.79 Å². The molecule has 0 spiro atoms. The Morgan fingerprint density at radius 1 is 1.48 bits per heavy atom. The molecule has 3 nitrogen and oxygen atoms in total. The monoisotopic (exact) mass is 289 g/mol. The van der Waals surface area contributed by atoms with Crippen molar-refractivity contribution in [2.75, 3.05) is 4.90 Å². The topological polar surface area (TPSA) is 40.5 Å². The van der Waals surface area contributed by atoms with E-state index < -0.39 is 12.0 Å². The molecule has 0 aliphatic carbocycles. The molecule has 0 aromatic heterocycles. The third kappa shape index (κ3) is 2.92. The van der Waals surface area contributed by atoms with Gasteiger partial charge in [0, 0.05) is 11.2 Å². The average molecular weight is 289 g/mol. The van der Waals surface area contributed by atoms with Crippen LogP contribution < -0.4 is 4.90 Å². The zero-order valence-corrected chi connectivity index (χ0v) is 13.8. The third-order valence-electron chi connectivity index (χ3n) is 4.59. The lowest BCUT2D eigenvalue weighted by atomic mass is 9.78. The average Bonchev–Trinajstić information content (AvgIpc) is 2.37. The van der Waals surface area contributed by atoms with Gasteiger partial charge in [-0.05, 0) is 51.2 Å². The van der Waals surface area contributed by atoms with Gasteiger partial charge in [0.2, 0.25) is 0 Å². The summed E-state index contributed by atoms with van der Waals surface area (Å²) in [7, 11) is 0. The van der Waals surface area contributed by atoms with Gasteiger partial charge in [-0.2, -0.15) is 0 Å². The molecule has 0 fully saturated rings. The van der Waals surface area contributed by atoms with Crippen molar-refractivity contribution in [2.45, 2.75) is 71.4 Å². The summed E-state index contributed by atoms with van der Waals surface area (Å²) in [4.78, 5) is 13.9. The van der Waals surface area contributed by atoms with E-state index in [4.69, 9.17) is 0 Å². The summed E-state index contributed by atoms with van der Waals surface area (Å²) in [5, 5.41) is 9.69. The lowest BCUT2D eigenvalue weighted by Crippen LogP contribution is -2.56. The van der Waals surface area contributed by atoms with E-state index >= 15 is 0 Å². The zero-order valence-electron chi connectivity index (χ0n) is 13.8. The molecule has 2 rings (SSSR count). The number of nitrogens with zero attached hydrogens (tertiary/aromatic N) is 1. The number of benzene rings is 1. The lowest BCUT2D eigenvalue weighted by Gasteiger charge is -2.50. The van der Waals surface area contributed by atoms with Crippen molar-refractivity contribution in [2.24, 2.45) is 0 Å². The number of hydrogen-bond acceptors (Lipinski definition) is 2. The molecule has 3 heteroatoms. The first-order chi connectivity index (χ1) is 9.77. The van der Waals surface area contributed by atoms with Crippen LogP contribution in [0.15, 0.2) is 18.2 Å². The molecular weight excluding hydrogens is 262 g/mol. The van der Waals surface area contributed by atoms with Crippen molar-refractivity contribution in [3.8, 4) is 0 Å². The molecule has 1 N–H and O–H groups in total. The van der Waals surface area contributed by atoms with Gasteiger partial charge >= 0.3 is 5.97 Å². The Hall–Kier alpha value is -1.51. The fourth-order valence-corrected chi connectivity index (χ4v) is 3.80. The van der Waals surface area contributed by atoms with E-state index in [9.17, 15) is 9.90 Å². The summed E-state index contributed by atoms with van der Waals surface area (Å²) in [5.41, 5.74) is 3.49. The molecule has 0 radical (unpaired) electrons. The van der Waals surface area contributed by atoms with E-state index in [0.717, 1.165) is 18.5 Å². The zero-order chi connectivity index (χ0) is 15.8. The Balaban J connectivity index is 2.56. The van der Waals surface area contributed by atoms with E-state index in [1.807, 2.05) is 6.92 Å². The second-order valence-electron chi connectivity index (χ2n) is 6.99. The SMILES string of the molecule is CCC[C@@H](C(=O)O)N1c2ccc(C)cc2[C@@H](C)CC1(C)C. The number of aryl methyl sites for hydroxylation is 1. The van der Waals surface area contributed by atoms with Crippen LogP contribution in [-0.4, -0.2) is 22.7 Å². The fraction of sp³-hybridized carbons (Fsp3) is 0.611. The molecule has 1 heterocycles. The minimum absolute atomic E-state index is 0.139. The minimum Gasteiger partial charge on any atom is -0.480 e. The number of carbonyl (C=O) groups is 1. The molecular formula is C18H27NO2. The van der Waals surface area contributed by atoms with E-state index in [1.165, 1.54) is 11.1 Å². The number of anilines is 1.